The van der Waals surface area contributed by atoms with Gasteiger partial charge in [-0.15, -0.1) is 0 Å². The second-order valence-electron chi connectivity index (χ2n) is 6.20. The maximum absolute atomic E-state index is 12.2. The number of ether oxygens (including phenoxy) is 5. The van der Waals surface area contributed by atoms with Gasteiger partial charge in [0.05, 0.1) is 19.8 Å². The van der Waals surface area contributed by atoms with Crippen molar-refractivity contribution in [2.45, 2.75) is 0 Å². The fourth-order valence-corrected chi connectivity index (χ4v) is 16.6. The number of anilines is 1. The van der Waals surface area contributed by atoms with Crippen LogP contribution in [0, 0.1) is 0 Å². The second kappa shape index (κ2) is 17.4. The Labute approximate surface area is 199 Å². The molecule has 0 bridgehead atoms. The van der Waals surface area contributed by atoms with Gasteiger partial charge in [0, 0.05) is 11.5 Å². The number of methoxy groups -OCH3 is 1. The molecule has 1 aromatic carbocycles. The summed E-state index contributed by atoms with van der Waals surface area (Å²) in [7, 11) is 5.71. The molecule has 1 heterocycles. The molecule has 0 aliphatic carbocycles. The van der Waals surface area contributed by atoms with Crippen molar-refractivity contribution in [3.05, 3.63) is 28.6 Å². The number of azide groups is 1. The summed E-state index contributed by atoms with van der Waals surface area (Å²) in [6.45, 7) is 3.10. The first kappa shape index (κ1) is 27.1. The first-order chi connectivity index (χ1) is 15.7. The molecule has 0 saturated carbocycles. The minimum absolute atomic E-state index is 0.0502. The fraction of sp³-hybridized carbons (Fsp3) is 0.632. The van der Waals surface area contributed by atoms with Crippen LogP contribution in [-0.2, 0) is 23.7 Å². The Morgan fingerprint density at radius 3 is 2.31 bits per heavy atom. The number of nitrogens with zero attached hydrogens (tertiary/aromatic N) is 3. The van der Waals surface area contributed by atoms with Gasteiger partial charge >= 0.3 is 148 Å². The molecule has 1 aliphatic heterocycles. The van der Waals surface area contributed by atoms with E-state index < -0.39 is 12.3 Å². The fourth-order valence-electron chi connectivity index (χ4n) is 2.49. The molecule has 0 atom stereocenters. The minimum atomic E-state index is -1.13. The van der Waals surface area contributed by atoms with Crippen LogP contribution in [-0.4, -0.2) is 96.3 Å². The standard InChI is InChI=1S/C19H29AsN4O6S2/c1-26-18-3-2-16(20-31-12-13-32-20)14-17(18)23-19(25)15-30-11-10-29-9-8-28-7-6-27-5-4-22-24-21/h2-3,14H,4-13,15H2,1H3,(H,23,25). The van der Waals surface area contributed by atoms with Gasteiger partial charge in [0.25, 0.3) is 0 Å². The third kappa shape index (κ3) is 11.2. The molecule has 10 nitrogen and oxygen atoms in total. The molecule has 178 valence electrons. The molecular formula is C19H29AsN4O6S2. The summed E-state index contributed by atoms with van der Waals surface area (Å²) in [5.41, 5.74) is 8.81. The zero-order chi connectivity index (χ0) is 22.9. The van der Waals surface area contributed by atoms with Crippen LogP contribution in [0.15, 0.2) is 23.3 Å². The molecule has 0 spiro atoms. The van der Waals surface area contributed by atoms with Gasteiger partial charge in [-0.3, -0.25) is 0 Å². The smallest absolute Gasteiger partial charge is 0.379 e. The average molecular weight is 549 g/mol. The van der Waals surface area contributed by atoms with Gasteiger partial charge in [-0.25, -0.2) is 0 Å². The molecule has 1 aliphatic rings. The Bertz CT molecular complexity index is 736. The van der Waals surface area contributed by atoms with Gasteiger partial charge in [-0.1, -0.05) is 5.11 Å². The Morgan fingerprint density at radius 1 is 1.06 bits per heavy atom. The first-order valence-corrected chi connectivity index (χ1v) is 17.5. The molecule has 0 unspecified atom stereocenters. The number of benzene rings is 1. The van der Waals surface area contributed by atoms with E-state index in [1.807, 2.05) is 12.1 Å². The first-order valence-electron chi connectivity index (χ1n) is 10.1. The molecule has 0 aromatic heterocycles. The molecule has 13 heteroatoms. The number of hydrogen-bond acceptors (Lipinski definition) is 9. The van der Waals surface area contributed by atoms with Gasteiger partial charge in [0.1, 0.15) is 0 Å². The van der Waals surface area contributed by atoms with E-state index in [-0.39, 0.29) is 12.5 Å². The Balaban J connectivity index is 1.52. The van der Waals surface area contributed by atoms with Gasteiger partial charge in [-0.05, 0) is 5.53 Å². The van der Waals surface area contributed by atoms with Crippen molar-refractivity contribution in [1.29, 1.82) is 0 Å². The van der Waals surface area contributed by atoms with E-state index in [9.17, 15) is 4.79 Å². The van der Waals surface area contributed by atoms with E-state index in [4.69, 9.17) is 29.2 Å². The van der Waals surface area contributed by atoms with E-state index in [1.165, 1.54) is 15.9 Å². The van der Waals surface area contributed by atoms with Crippen LogP contribution in [0.5, 0.6) is 5.75 Å². The van der Waals surface area contributed by atoms with Crippen LogP contribution in [0.25, 0.3) is 10.4 Å². The summed E-state index contributed by atoms with van der Waals surface area (Å²) in [5, 5.41) is 6.26. The predicted octanol–water partition coefficient (Wildman–Crippen LogP) is 2.19. The predicted molar refractivity (Wildman–Crippen MR) is 129 cm³/mol. The van der Waals surface area contributed by atoms with Crippen molar-refractivity contribution in [3.63, 3.8) is 0 Å². The van der Waals surface area contributed by atoms with Crippen molar-refractivity contribution in [3.8, 4) is 5.75 Å². The maximum atomic E-state index is 12.2. The van der Waals surface area contributed by atoms with Crippen LogP contribution in [0.3, 0.4) is 0 Å². The number of amides is 1. The quantitative estimate of drug-likeness (QED) is 0.103. The van der Waals surface area contributed by atoms with Crippen LogP contribution in [0.2, 0.25) is 0 Å². The molecule has 32 heavy (non-hydrogen) atoms. The van der Waals surface area contributed by atoms with Crippen LogP contribution in [0.4, 0.5) is 5.69 Å². The molecule has 0 radical (unpaired) electrons. The van der Waals surface area contributed by atoms with Gasteiger partial charge in [0.15, 0.2) is 0 Å². The summed E-state index contributed by atoms with van der Waals surface area (Å²) >= 11 is -1.13. The van der Waals surface area contributed by atoms with Gasteiger partial charge in [-0.2, -0.15) is 0 Å². The molecule has 1 fully saturated rings. The Morgan fingerprint density at radius 2 is 1.69 bits per heavy atom. The van der Waals surface area contributed by atoms with E-state index >= 15 is 0 Å². The molecule has 1 saturated heterocycles. The molecule has 1 amide bonds. The normalized spacial score (nSPS) is 13.7. The Hall–Kier alpha value is -1.10. The van der Waals surface area contributed by atoms with Crippen molar-refractivity contribution >= 4 is 48.3 Å². The number of carbonyl (C=O) groups excluding carboxylic acids is 1. The molecule has 1 N–H and O–H groups in total. The third-order valence-corrected chi connectivity index (χ3v) is 17.6. The van der Waals surface area contributed by atoms with E-state index in [1.54, 1.807) is 7.11 Å². The topological polar surface area (TPSA) is 124 Å². The molecular weight excluding hydrogens is 519 g/mol. The van der Waals surface area contributed by atoms with E-state index in [2.05, 4.69) is 41.5 Å². The van der Waals surface area contributed by atoms with E-state index in [0.717, 1.165) is 0 Å². The summed E-state index contributed by atoms with van der Waals surface area (Å²) in [4.78, 5) is 14.9. The number of nitrogens with one attached hydrogen (secondary N) is 1. The summed E-state index contributed by atoms with van der Waals surface area (Å²) < 4.78 is 28.1. The second-order valence-corrected chi connectivity index (χ2v) is 17.9. The Kier molecular flexibility index (Phi) is 14.7. The summed E-state index contributed by atoms with van der Waals surface area (Å²) in [5.74, 6) is 2.83. The van der Waals surface area contributed by atoms with E-state index in [0.29, 0.717) is 64.2 Å². The SMILES string of the molecule is COc1ccc([As]2SCCS2)cc1NC(=O)COCCOCCOCCOCCN=[N+]=[N-]. The summed E-state index contributed by atoms with van der Waals surface area (Å²) in [6.07, 6.45) is 0. The average Bonchev–Trinajstić information content (AvgIpc) is 3.34. The van der Waals surface area contributed by atoms with Crippen LogP contribution < -0.4 is 14.4 Å². The number of rotatable bonds is 17. The zero-order valence-corrected chi connectivity index (χ0v) is 21.6. The number of hydrogen-bond donors (Lipinski definition) is 1. The monoisotopic (exact) mass is 548 g/mol. The molecule has 2 rings (SSSR count). The van der Waals surface area contributed by atoms with Crippen molar-refractivity contribution in [2.75, 3.05) is 83.3 Å². The van der Waals surface area contributed by atoms with Crippen molar-refractivity contribution in [1.82, 2.24) is 0 Å². The minimum Gasteiger partial charge on any atom is -0.379 e. The van der Waals surface area contributed by atoms with Gasteiger partial charge < -0.3 is 9.47 Å². The zero-order valence-electron chi connectivity index (χ0n) is 18.1. The van der Waals surface area contributed by atoms with Crippen molar-refractivity contribution in [2.24, 2.45) is 5.11 Å². The van der Waals surface area contributed by atoms with Crippen molar-refractivity contribution < 1.29 is 28.5 Å². The van der Waals surface area contributed by atoms with Gasteiger partial charge in [0.2, 0.25) is 0 Å². The van der Waals surface area contributed by atoms with Crippen LogP contribution >= 0.6 is 20.0 Å². The molecule has 1 aromatic rings. The third-order valence-electron chi connectivity index (χ3n) is 3.92. The number of carbonyl (C=O) groups is 1. The van der Waals surface area contributed by atoms with Crippen LogP contribution in [0.1, 0.15) is 0 Å². The summed E-state index contributed by atoms with van der Waals surface area (Å²) in [6, 6.07) is 6.07.